The Hall–Kier alpha value is -1.44. The average molecular weight is 338 g/mol. The van der Waals surface area contributed by atoms with Crippen LogP contribution in [0.4, 0.5) is 0 Å². The first-order chi connectivity index (χ1) is 11.6. The Morgan fingerprint density at radius 2 is 1.88 bits per heavy atom. The van der Waals surface area contributed by atoms with Crippen molar-refractivity contribution in [2.75, 3.05) is 20.8 Å². The van der Waals surface area contributed by atoms with Gasteiger partial charge in [-0.25, -0.2) is 0 Å². The maximum absolute atomic E-state index is 10.5. The molecule has 1 aromatic rings. The van der Waals surface area contributed by atoms with E-state index in [4.69, 9.17) is 23.7 Å². The summed E-state index contributed by atoms with van der Waals surface area (Å²) in [5, 5.41) is 10.5. The first kappa shape index (κ1) is 18.9. The second-order valence-corrected chi connectivity index (χ2v) is 5.65. The minimum absolute atomic E-state index is 0.269. The van der Waals surface area contributed by atoms with Gasteiger partial charge in [0, 0.05) is 7.11 Å². The minimum Gasteiger partial charge on any atom is -0.497 e. The van der Waals surface area contributed by atoms with Gasteiger partial charge in [0.1, 0.15) is 24.1 Å². The van der Waals surface area contributed by atoms with E-state index in [2.05, 4.69) is 6.58 Å². The predicted molar refractivity (Wildman–Crippen MR) is 88.9 cm³/mol. The van der Waals surface area contributed by atoms with Crippen LogP contribution in [0.2, 0.25) is 0 Å². The lowest BCUT2D eigenvalue weighted by atomic mass is 9.99. The van der Waals surface area contributed by atoms with Crippen LogP contribution in [0, 0.1) is 0 Å². The van der Waals surface area contributed by atoms with Gasteiger partial charge >= 0.3 is 0 Å². The fourth-order valence-corrected chi connectivity index (χ4v) is 2.72. The number of aliphatic hydroxyl groups is 1. The molecule has 6 heteroatoms. The molecule has 0 spiro atoms. The van der Waals surface area contributed by atoms with Crippen molar-refractivity contribution in [2.45, 2.75) is 44.2 Å². The number of methoxy groups -OCH3 is 2. The number of hydrogen-bond acceptors (Lipinski definition) is 6. The second kappa shape index (κ2) is 9.15. The van der Waals surface area contributed by atoms with Gasteiger partial charge < -0.3 is 28.8 Å². The van der Waals surface area contributed by atoms with E-state index in [-0.39, 0.29) is 18.8 Å². The zero-order valence-electron chi connectivity index (χ0n) is 14.4. The highest BCUT2D eigenvalue weighted by molar-refractivity contribution is 5.26. The van der Waals surface area contributed by atoms with Crippen molar-refractivity contribution >= 4 is 0 Å². The number of ether oxygens (including phenoxy) is 5. The van der Waals surface area contributed by atoms with Crippen LogP contribution in [0.15, 0.2) is 36.9 Å². The molecule has 0 amide bonds. The van der Waals surface area contributed by atoms with Gasteiger partial charge in [0.25, 0.3) is 0 Å². The third-order valence-corrected chi connectivity index (χ3v) is 4.00. The number of aliphatic hydroxyl groups excluding tert-OH is 1. The van der Waals surface area contributed by atoms with E-state index in [1.54, 1.807) is 20.3 Å². The summed E-state index contributed by atoms with van der Waals surface area (Å²) >= 11 is 0. The highest BCUT2D eigenvalue weighted by Crippen LogP contribution is 2.27. The van der Waals surface area contributed by atoms with Crippen LogP contribution in [-0.2, 0) is 25.6 Å². The van der Waals surface area contributed by atoms with Crippen LogP contribution in [0.25, 0.3) is 0 Å². The predicted octanol–water partition coefficient (Wildman–Crippen LogP) is 1.90. The molecule has 1 aromatic carbocycles. The van der Waals surface area contributed by atoms with Crippen LogP contribution in [0.1, 0.15) is 12.5 Å². The molecule has 5 atom stereocenters. The molecule has 0 bridgehead atoms. The zero-order chi connectivity index (χ0) is 17.5. The third kappa shape index (κ3) is 4.55. The zero-order valence-corrected chi connectivity index (χ0v) is 14.4. The largest absolute Gasteiger partial charge is 0.497 e. The quantitative estimate of drug-likeness (QED) is 0.731. The van der Waals surface area contributed by atoms with Crippen LogP contribution in [0.5, 0.6) is 5.75 Å². The Balaban J connectivity index is 2.03. The van der Waals surface area contributed by atoms with Crippen molar-refractivity contribution in [3.8, 4) is 5.75 Å². The van der Waals surface area contributed by atoms with Crippen molar-refractivity contribution in [1.82, 2.24) is 0 Å². The lowest BCUT2D eigenvalue weighted by molar-refractivity contribution is -0.302. The van der Waals surface area contributed by atoms with E-state index in [1.807, 2.05) is 31.2 Å². The van der Waals surface area contributed by atoms with E-state index >= 15 is 0 Å². The molecular weight excluding hydrogens is 312 g/mol. The van der Waals surface area contributed by atoms with Gasteiger partial charge in [-0.3, -0.25) is 0 Å². The summed E-state index contributed by atoms with van der Waals surface area (Å²) in [6.45, 7) is 6.10. The highest BCUT2D eigenvalue weighted by Gasteiger charge is 2.45. The summed E-state index contributed by atoms with van der Waals surface area (Å²) < 4.78 is 27.7. The Morgan fingerprint density at radius 3 is 2.46 bits per heavy atom. The standard InChI is InChI=1S/C18H26O6/c1-5-10-22-18-15(19)17(16(21-4)12(2)24-18)23-11-13-6-8-14(20-3)9-7-13/h5-9,12,15-19H,1,10-11H2,2-4H3/t12-,15+,16-,17-,18+/m0/s1. The maximum Gasteiger partial charge on any atom is 0.186 e. The number of rotatable bonds is 8. The number of benzene rings is 1. The van der Waals surface area contributed by atoms with Crippen molar-refractivity contribution < 1.29 is 28.8 Å². The van der Waals surface area contributed by atoms with Crippen molar-refractivity contribution in [1.29, 1.82) is 0 Å². The van der Waals surface area contributed by atoms with Crippen LogP contribution >= 0.6 is 0 Å². The van der Waals surface area contributed by atoms with Gasteiger partial charge in [0.2, 0.25) is 0 Å². The molecule has 1 aliphatic rings. The lowest BCUT2D eigenvalue weighted by Crippen LogP contribution is -2.58. The molecule has 6 nitrogen and oxygen atoms in total. The smallest absolute Gasteiger partial charge is 0.186 e. The van der Waals surface area contributed by atoms with E-state index in [0.29, 0.717) is 6.61 Å². The minimum atomic E-state index is -0.954. The molecule has 0 unspecified atom stereocenters. The number of hydrogen-bond donors (Lipinski definition) is 1. The van der Waals surface area contributed by atoms with Crippen LogP contribution in [0.3, 0.4) is 0 Å². The summed E-state index contributed by atoms with van der Waals surface area (Å²) in [4.78, 5) is 0. The summed E-state index contributed by atoms with van der Waals surface area (Å²) in [5.41, 5.74) is 0.973. The van der Waals surface area contributed by atoms with Gasteiger partial charge in [-0.2, -0.15) is 0 Å². The Bertz CT molecular complexity index is 503. The van der Waals surface area contributed by atoms with Gasteiger partial charge in [-0.1, -0.05) is 18.2 Å². The first-order valence-corrected chi connectivity index (χ1v) is 7.94. The lowest BCUT2D eigenvalue weighted by Gasteiger charge is -2.42. The van der Waals surface area contributed by atoms with Crippen molar-refractivity contribution in [3.63, 3.8) is 0 Å². The molecule has 2 rings (SSSR count). The van der Waals surface area contributed by atoms with Crippen LogP contribution < -0.4 is 4.74 Å². The molecule has 1 saturated heterocycles. The summed E-state index contributed by atoms with van der Waals surface area (Å²) in [7, 11) is 3.20. The molecule has 1 fully saturated rings. The van der Waals surface area contributed by atoms with Gasteiger partial charge in [-0.05, 0) is 24.6 Å². The van der Waals surface area contributed by atoms with E-state index in [0.717, 1.165) is 11.3 Å². The summed E-state index contributed by atoms with van der Waals surface area (Å²) in [6, 6.07) is 7.57. The molecule has 0 aliphatic carbocycles. The monoisotopic (exact) mass is 338 g/mol. The topological polar surface area (TPSA) is 66.4 Å². The second-order valence-electron chi connectivity index (χ2n) is 5.65. The molecule has 24 heavy (non-hydrogen) atoms. The Labute approximate surface area is 142 Å². The van der Waals surface area contributed by atoms with Gasteiger partial charge in [0.05, 0.1) is 26.4 Å². The molecule has 0 aromatic heterocycles. The van der Waals surface area contributed by atoms with E-state index in [1.165, 1.54) is 0 Å². The molecule has 1 N–H and O–H groups in total. The Morgan fingerprint density at radius 1 is 1.17 bits per heavy atom. The fraction of sp³-hybridized carbons (Fsp3) is 0.556. The van der Waals surface area contributed by atoms with Crippen molar-refractivity contribution in [2.24, 2.45) is 0 Å². The van der Waals surface area contributed by atoms with E-state index < -0.39 is 18.5 Å². The molecule has 1 aliphatic heterocycles. The Kier molecular flexibility index (Phi) is 7.20. The molecule has 1 heterocycles. The van der Waals surface area contributed by atoms with Crippen LogP contribution in [-0.4, -0.2) is 56.6 Å². The molecule has 0 radical (unpaired) electrons. The third-order valence-electron chi connectivity index (χ3n) is 4.00. The SMILES string of the molecule is C=CCO[C@@H]1O[C@@H](C)[C@H](OC)[C@@H](OCc2ccc(OC)cc2)[C@H]1O. The summed E-state index contributed by atoms with van der Waals surface area (Å²) in [6.07, 6.45) is -1.34. The average Bonchev–Trinajstić information content (AvgIpc) is 2.61. The summed E-state index contributed by atoms with van der Waals surface area (Å²) in [5.74, 6) is 0.783. The van der Waals surface area contributed by atoms with Gasteiger partial charge in [-0.15, -0.1) is 6.58 Å². The fourth-order valence-electron chi connectivity index (χ4n) is 2.72. The molecule has 0 saturated carbocycles. The first-order valence-electron chi connectivity index (χ1n) is 7.94. The molecule has 134 valence electrons. The molecular formula is C18H26O6. The normalized spacial score (nSPS) is 30.1. The van der Waals surface area contributed by atoms with E-state index in [9.17, 15) is 5.11 Å². The highest BCUT2D eigenvalue weighted by atomic mass is 16.7. The van der Waals surface area contributed by atoms with Gasteiger partial charge in [0.15, 0.2) is 6.29 Å². The maximum atomic E-state index is 10.5. The van der Waals surface area contributed by atoms with Crippen molar-refractivity contribution in [3.05, 3.63) is 42.5 Å².